The highest BCUT2D eigenvalue weighted by atomic mass is 19.1. The summed E-state index contributed by atoms with van der Waals surface area (Å²) in [6.45, 7) is 0. The van der Waals surface area contributed by atoms with E-state index in [4.69, 9.17) is 15.9 Å². The zero-order valence-corrected chi connectivity index (χ0v) is 7.07. The molecular formula is C9H8FNO3. The lowest BCUT2D eigenvalue weighted by Crippen LogP contribution is -2.09. The van der Waals surface area contributed by atoms with Crippen LogP contribution < -0.4 is 5.73 Å². The van der Waals surface area contributed by atoms with Gasteiger partial charge in [0.2, 0.25) is 0 Å². The summed E-state index contributed by atoms with van der Waals surface area (Å²) in [7, 11) is 0. The Morgan fingerprint density at radius 1 is 1.50 bits per heavy atom. The van der Waals surface area contributed by atoms with Gasteiger partial charge in [0.05, 0.1) is 0 Å². The first-order valence-electron chi connectivity index (χ1n) is 3.69. The number of carboxylic acids is 1. The Kier molecular flexibility index (Phi) is 2.71. The van der Waals surface area contributed by atoms with Gasteiger partial charge in [-0.1, -0.05) is 6.07 Å². The minimum absolute atomic E-state index is 0.323. The fourth-order valence-corrected chi connectivity index (χ4v) is 0.861. The second kappa shape index (κ2) is 3.78. The third-order valence-electron chi connectivity index (χ3n) is 1.54. The monoisotopic (exact) mass is 197 g/mol. The number of phenols is 1. The number of benzene rings is 1. The van der Waals surface area contributed by atoms with Crippen molar-refractivity contribution in [3.63, 3.8) is 0 Å². The van der Waals surface area contributed by atoms with E-state index in [-0.39, 0.29) is 5.70 Å². The van der Waals surface area contributed by atoms with Crippen LogP contribution in [-0.4, -0.2) is 16.2 Å². The van der Waals surface area contributed by atoms with Crippen molar-refractivity contribution in [1.29, 1.82) is 0 Å². The van der Waals surface area contributed by atoms with Crippen LogP contribution in [0.4, 0.5) is 4.39 Å². The Labute approximate surface area is 79.1 Å². The molecule has 0 saturated carbocycles. The third kappa shape index (κ3) is 2.22. The van der Waals surface area contributed by atoms with Crippen LogP contribution in [0.15, 0.2) is 23.9 Å². The van der Waals surface area contributed by atoms with Crippen LogP contribution >= 0.6 is 0 Å². The Bertz CT molecular complexity index is 401. The van der Waals surface area contributed by atoms with Crippen molar-refractivity contribution in [2.45, 2.75) is 0 Å². The molecule has 0 heterocycles. The average Bonchev–Trinajstić information content (AvgIpc) is 2.11. The van der Waals surface area contributed by atoms with Crippen molar-refractivity contribution in [2.75, 3.05) is 0 Å². The van der Waals surface area contributed by atoms with Crippen molar-refractivity contribution >= 4 is 12.0 Å². The van der Waals surface area contributed by atoms with E-state index in [0.29, 0.717) is 5.56 Å². The molecule has 0 fully saturated rings. The highest BCUT2D eigenvalue weighted by molar-refractivity contribution is 5.91. The summed E-state index contributed by atoms with van der Waals surface area (Å²) in [4.78, 5) is 10.3. The molecule has 0 aliphatic carbocycles. The smallest absolute Gasteiger partial charge is 0.351 e. The zero-order chi connectivity index (χ0) is 10.7. The first-order valence-corrected chi connectivity index (χ1v) is 3.69. The van der Waals surface area contributed by atoms with Gasteiger partial charge in [-0.3, -0.25) is 0 Å². The van der Waals surface area contributed by atoms with Crippen molar-refractivity contribution < 1.29 is 19.4 Å². The highest BCUT2D eigenvalue weighted by Gasteiger charge is 2.03. The Hall–Kier alpha value is -2.04. The maximum atomic E-state index is 12.6. The lowest BCUT2D eigenvalue weighted by atomic mass is 10.2. The lowest BCUT2D eigenvalue weighted by Gasteiger charge is -1.98. The predicted octanol–water partition coefficient (Wildman–Crippen LogP) is 0.916. The summed E-state index contributed by atoms with van der Waals surface area (Å²) < 4.78 is 12.6. The van der Waals surface area contributed by atoms with Crippen molar-refractivity contribution in [1.82, 2.24) is 0 Å². The van der Waals surface area contributed by atoms with Crippen LogP contribution in [0.2, 0.25) is 0 Å². The van der Waals surface area contributed by atoms with Crippen LogP contribution in [0.5, 0.6) is 5.75 Å². The Morgan fingerprint density at radius 3 is 2.64 bits per heavy atom. The summed E-state index contributed by atoms with van der Waals surface area (Å²) in [5.74, 6) is -2.58. The molecule has 0 saturated heterocycles. The first-order chi connectivity index (χ1) is 6.50. The van der Waals surface area contributed by atoms with E-state index in [2.05, 4.69) is 0 Å². The molecule has 0 aliphatic rings. The molecular weight excluding hydrogens is 189 g/mol. The standard InChI is InChI=1S/C9H8FNO3/c10-6-2-1-5(4-8(6)12)3-7(11)9(13)14/h1-4,12H,11H2,(H,13,14)/b7-3-. The minimum Gasteiger partial charge on any atom is -0.505 e. The molecule has 0 aromatic heterocycles. The molecule has 1 aromatic rings. The Balaban J connectivity index is 3.04. The topological polar surface area (TPSA) is 83.5 Å². The quantitative estimate of drug-likeness (QED) is 0.615. The molecule has 1 aromatic carbocycles. The maximum absolute atomic E-state index is 12.6. The van der Waals surface area contributed by atoms with Crippen LogP contribution in [0.1, 0.15) is 5.56 Å². The predicted molar refractivity (Wildman–Crippen MR) is 47.9 cm³/mol. The van der Waals surface area contributed by atoms with E-state index in [1.807, 2.05) is 0 Å². The van der Waals surface area contributed by atoms with Gasteiger partial charge in [0, 0.05) is 0 Å². The maximum Gasteiger partial charge on any atom is 0.351 e. The second-order valence-corrected chi connectivity index (χ2v) is 2.62. The molecule has 0 amide bonds. The average molecular weight is 197 g/mol. The van der Waals surface area contributed by atoms with Crippen LogP contribution in [-0.2, 0) is 4.79 Å². The molecule has 0 atom stereocenters. The number of phenolic OH excluding ortho intramolecular Hbond substituents is 1. The summed E-state index contributed by atoms with van der Waals surface area (Å²) in [5, 5.41) is 17.4. The van der Waals surface area contributed by atoms with Gasteiger partial charge in [0.25, 0.3) is 0 Å². The van der Waals surface area contributed by atoms with Gasteiger partial charge >= 0.3 is 5.97 Å². The van der Waals surface area contributed by atoms with Gasteiger partial charge in [0.15, 0.2) is 11.6 Å². The number of hydrogen-bond donors (Lipinski definition) is 3. The molecule has 0 unspecified atom stereocenters. The fourth-order valence-electron chi connectivity index (χ4n) is 0.861. The number of nitrogens with two attached hydrogens (primary N) is 1. The SMILES string of the molecule is N/C(=C\c1ccc(F)c(O)c1)C(=O)O. The number of carbonyl (C=O) groups is 1. The largest absolute Gasteiger partial charge is 0.505 e. The van der Waals surface area contributed by atoms with Gasteiger partial charge < -0.3 is 15.9 Å². The Morgan fingerprint density at radius 2 is 2.14 bits per heavy atom. The zero-order valence-electron chi connectivity index (χ0n) is 7.07. The number of rotatable bonds is 2. The molecule has 14 heavy (non-hydrogen) atoms. The van der Waals surface area contributed by atoms with Crippen molar-refractivity contribution in [3.05, 3.63) is 35.3 Å². The molecule has 4 nitrogen and oxygen atoms in total. The summed E-state index contributed by atoms with van der Waals surface area (Å²) in [6, 6.07) is 3.42. The van der Waals surface area contributed by atoms with E-state index >= 15 is 0 Å². The highest BCUT2D eigenvalue weighted by Crippen LogP contribution is 2.17. The van der Waals surface area contributed by atoms with Crippen LogP contribution in [0.3, 0.4) is 0 Å². The first kappa shape index (κ1) is 10.0. The molecule has 0 bridgehead atoms. The van der Waals surface area contributed by atoms with E-state index in [0.717, 1.165) is 18.2 Å². The normalized spacial score (nSPS) is 11.4. The molecule has 5 heteroatoms. The number of carboxylic acid groups (broad SMARTS) is 1. The van der Waals surface area contributed by atoms with Gasteiger partial charge in [-0.05, 0) is 23.8 Å². The molecule has 0 spiro atoms. The number of aromatic hydroxyl groups is 1. The minimum atomic E-state index is -1.27. The van der Waals surface area contributed by atoms with E-state index in [1.54, 1.807) is 0 Å². The lowest BCUT2D eigenvalue weighted by molar-refractivity contribution is -0.132. The third-order valence-corrected chi connectivity index (χ3v) is 1.54. The number of halogens is 1. The van der Waals surface area contributed by atoms with Gasteiger partial charge in [0.1, 0.15) is 5.70 Å². The molecule has 74 valence electrons. The van der Waals surface area contributed by atoms with Gasteiger partial charge in [-0.15, -0.1) is 0 Å². The van der Waals surface area contributed by atoms with E-state index in [1.165, 1.54) is 6.07 Å². The number of aliphatic carboxylic acids is 1. The van der Waals surface area contributed by atoms with E-state index < -0.39 is 17.5 Å². The summed E-state index contributed by atoms with van der Waals surface area (Å²) in [5.41, 5.74) is 5.07. The summed E-state index contributed by atoms with van der Waals surface area (Å²) >= 11 is 0. The second-order valence-electron chi connectivity index (χ2n) is 2.62. The molecule has 4 N–H and O–H groups in total. The molecule has 0 aliphatic heterocycles. The van der Waals surface area contributed by atoms with Crippen LogP contribution in [0.25, 0.3) is 6.08 Å². The number of hydrogen-bond acceptors (Lipinski definition) is 3. The molecule has 1 rings (SSSR count). The van der Waals surface area contributed by atoms with Crippen LogP contribution in [0, 0.1) is 5.82 Å². The molecule has 0 radical (unpaired) electrons. The fraction of sp³-hybridized carbons (Fsp3) is 0. The summed E-state index contributed by atoms with van der Waals surface area (Å²) in [6.07, 6.45) is 1.13. The van der Waals surface area contributed by atoms with Gasteiger partial charge in [-0.25, -0.2) is 9.18 Å². The van der Waals surface area contributed by atoms with Gasteiger partial charge in [-0.2, -0.15) is 0 Å². The van der Waals surface area contributed by atoms with E-state index in [9.17, 15) is 9.18 Å². The van der Waals surface area contributed by atoms with Crippen molar-refractivity contribution in [3.8, 4) is 5.75 Å². The van der Waals surface area contributed by atoms with Crippen molar-refractivity contribution in [2.24, 2.45) is 5.73 Å².